The average molecular weight is 318 g/mol. The third kappa shape index (κ3) is 4.31. The second kappa shape index (κ2) is 7.75. The predicted molar refractivity (Wildman–Crippen MR) is 92.6 cm³/mol. The molecule has 1 atom stereocenters. The molecule has 2 nitrogen and oxygen atoms in total. The van der Waals surface area contributed by atoms with Gasteiger partial charge < -0.3 is 5.32 Å². The van der Waals surface area contributed by atoms with Crippen LogP contribution in [0.1, 0.15) is 26.5 Å². The molecule has 0 spiro atoms. The molecule has 22 heavy (non-hydrogen) atoms. The van der Waals surface area contributed by atoms with Crippen LogP contribution < -0.4 is 5.32 Å². The molecular weight excluding hydrogens is 295 g/mol. The van der Waals surface area contributed by atoms with Crippen LogP contribution >= 0.6 is 11.8 Å². The van der Waals surface area contributed by atoms with E-state index in [2.05, 4.69) is 43.2 Å². The van der Waals surface area contributed by atoms with Gasteiger partial charge in [-0.25, -0.2) is 9.37 Å². The molecule has 118 valence electrons. The van der Waals surface area contributed by atoms with E-state index < -0.39 is 0 Å². The Morgan fingerprint density at radius 2 is 1.77 bits per heavy atom. The first-order valence-corrected chi connectivity index (χ1v) is 8.77. The lowest BCUT2D eigenvalue weighted by Gasteiger charge is -2.17. The SMILES string of the molecule is CSc1ccc(-c2ccc(F)c(CN[C@H](C)C(C)C)n2)cc1. The van der Waals surface area contributed by atoms with E-state index in [-0.39, 0.29) is 5.82 Å². The fourth-order valence-electron chi connectivity index (χ4n) is 2.02. The van der Waals surface area contributed by atoms with Gasteiger partial charge in [0, 0.05) is 23.0 Å². The van der Waals surface area contributed by atoms with Gasteiger partial charge in [-0.15, -0.1) is 11.8 Å². The third-order valence-corrected chi connectivity index (χ3v) is 4.64. The van der Waals surface area contributed by atoms with Crippen molar-refractivity contribution in [2.75, 3.05) is 6.26 Å². The van der Waals surface area contributed by atoms with E-state index in [4.69, 9.17) is 0 Å². The molecule has 0 radical (unpaired) electrons. The lowest BCUT2D eigenvalue weighted by atomic mass is 10.1. The first kappa shape index (κ1) is 17.0. The van der Waals surface area contributed by atoms with Crippen molar-refractivity contribution in [2.45, 2.75) is 38.3 Å². The third-order valence-electron chi connectivity index (χ3n) is 3.90. The maximum atomic E-state index is 13.9. The van der Waals surface area contributed by atoms with Gasteiger partial charge in [0.2, 0.25) is 0 Å². The minimum absolute atomic E-state index is 0.257. The first-order valence-electron chi connectivity index (χ1n) is 7.54. The number of nitrogens with one attached hydrogen (secondary N) is 1. The fraction of sp³-hybridized carbons (Fsp3) is 0.389. The molecule has 0 unspecified atom stereocenters. The monoisotopic (exact) mass is 318 g/mol. The van der Waals surface area contributed by atoms with Crippen LogP contribution in [0.4, 0.5) is 4.39 Å². The highest BCUT2D eigenvalue weighted by Gasteiger charge is 2.11. The fourth-order valence-corrected chi connectivity index (χ4v) is 2.43. The highest BCUT2D eigenvalue weighted by molar-refractivity contribution is 7.98. The van der Waals surface area contributed by atoms with Gasteiger partial charge >= 0.3 is 0 Å². The Kier molecular flexibility index (Phi) is 5.98. The maximum Gasteiger partial charge on any atom is 0.146 e. The number of aromatic nitrogens is 1. The molecule has 0 aliphatic carbocycles. The lowest BCUT2D eigenvalue weighted by molar-refractivity contribution is 0.418. The number of nitrogens with zero attached hydrogens (tertiary/aromatic N) is 1. The largest absolute Gasteiger partial charge is 0.308 e. The second-order valence-corrected chi connectivity index (χ2v) is 6.65. The van der Waals surface area contributed by atoms with Crippen molar-refractivity contribution in [3.05, 3.63) is 47.9 Å². The summed E-state index contributed by atoms with van der Waals surface area (Å²) in [5, 5.41) is 3.33. The molecule has 4 heteroatoms. The van der Waals surface area contributed by atoms with Gasteiger partial charge in [-0.3, -0.25) is 0 Å². The molecule has 1 aromatic carbocycles. The molecule has 0 fully saturated rings. The van der Waals surface area contributed by atoms with E-state index >= 15 is 0 Å². The number of pyridine rings is 1. The molecule has 2 rings (SSSR count). The van der Waals surface area contributed by atoms with E-state index in [1.165, 1.54) is 11.0 Å². The highest BCUT2D eigenvalue weighted by atomic mass is 32.2. The van der Waals surface area contributed by atoms with Crippen LogP contribution in [0.25, 0.3) is 11.3 Å². The van der Waals surface area contributed by atoms with Crippen LogP contribution in [0.2, 0.25) is 0 Å². The van der Waals surface area contributed by atoms with Gasteiger partial charge in [-0.05, 0) is 43.4 Å². The van der Waals surface area contributed by atoms with Crippen LogP contribution in [0.15, 0.2) is 41.3 Å². The molecule has 1 heterocycles. The van der Waals surface area contributed by atoms with Crippen LogP contribution in [-0.2, 0) is 6.54 Å². The molecule has 0 bridgehead atoms. The first-order chi connectivity index (χ1) is 10.5. The van der Waals surface area contributed by atoms with Crippen molar-refractivity contribution in [1.82, 2.24) is 10.3 Å². The Morgan fingerprint density at radius 3 is 2.36 bits per heavy atom. The van der Waals surface area contributed by atoms with Crippen molar-refractivity contribution in [3.63, 3.8) is 0 Å². The van der Waals surface area contributed by atoms with E-state index in [0.717, 1.165) is 11.3 Å². The summed E-state index contributed by atoms with van der Waals surface area (Å²) in [6.07, 6.45) is 2.05. The van der Waals surface area contributed by atoms with Crippen LogP contribution in [-0.4, -0.2) is 17.3 Å². The van der Waals surface area contributed by atoms with Crippen molar-refractivity contribution in [2.24, 2.45) is 5.92 Å². The summed E-state index contributed by atoms with van der Waals surface area (Å²) in [7, 11) is 0. The van der Waals surface area contributed by atoms with E-state index in [0.29, 0.717) is 24.2 Å². The summed E-state index contributed by atoms with van der Waals surface area (Å²) in [6, 6.07) is 11.7. The van der Waals surface area contributed by atoms with E-state index in [1.807, 2.05) is 18.4 Å². The number of rotatable bonds is 6. The van der Waals surface area contributed by atoms with Crippen LogP contribution in [0.3, 0.4) is 0 Å². The standard InChI is InChI=1S/C18H23FN2S/c1-12(2)13(3)20-11-18-16(19)9-10-17(21-18)14-5-7-15(22-4)8-6-14/h5-10,12-13,20H,11H2,1-4H3/t13-/m1/s1. The number of halogens is 1. The molecule has 2 aromatic rings. The Hall–Kier alpha value is -1.39. The normalized spacial score (nSPS) is 12.6. The van der Waals surface area contributed by atoms with Crippen molar-refractivity contribution in [1.29, 1.82) is 0 Å². The summed E-state index contributed by atoms with van der Waals surface area (Å²) >= 11 is 1.70. The topological polar surface area (TPSA) is 24.9 Å². The minimum Gasteiger partial charge on any atom is -0.308 e. The van der Waals surface area contributed by atoms with E-state index in [9.17, 15) is 4.39 Å². The summed E-state index contributed by atoms with van der Waals surface area (Å²) < 4.78 is 13.9. The van der Waals surface area contributed by atoms with Crippen molar-refractivity contribution in [3.8, 4) is 11.3 Å². The molecule has 0 saturated heterocycles. The Morgan fingerprint density at radius 1 is 1.09 bits per heavy atom. The van der Waals surface area contributed by atoms with E-state index in [1.54, 1.807) is 17.8 Å². The number of benzene rings is 1. The van der Waals surface area contributed by atoms with Crippen molar-refractivity contribution < 1.29 is 4.39 Å². The molecule has 0 amide bonds. The van der Waals surface area contributed by atoms with Crippen LogP contribution in [0, 0.1) is 11.7 Å². The molecule has 1 aromatic heterocycles. The quantitative estimate of drug-likeness (QED) is 0.778. The van der Waals surface area contributed by atoms with Gasteiger partial charge in [0.15, 0.2) is 0 Å². The Balaban J connectivity index is 2.18. The predicted octanol–water partition coefficient (Wildman–Crippen LogP) is 4.74. The molecule has 0 aliphatic rings. The molecule has 0 saturated carbocycles. The molecular formula is C18H23FN2S. The summed E-state index contributed by atoms with van der Waals surface area (Å²) in [4.78, 5) is 5.69. The van der Waals surface area contributed by atoms with Crippen LogP contribution in [0.5, 0.6) is 0 Å². The molecule has 0 aliphatic heterocycles. The second-order valence-electron chi connectivity index (χ2n) is 5.77. The lowest BCUT2D eigenvalue weighted by Crippen LogP contribution is -2.30. The van der Waals surface area contributed by atoms with Gasteiger partial charge in [0.25, 0.3) is 0 Å². The van der Waals surface area contributed by atoms with Crippen molar-refractivity contribution >= 4 is 11.8 Å². The zero-order valence-corrected chi connectivity index (χ0v) is 14.4. The van der Waals surface area contributed by atoms with Gasteiger partial charge in [0.1, 0.15) is 5.82 Å². The zero-order valence-electron chi connectivity index (χ0n) is 13.6. The molecule has 1 N–H and O–H groups in total. The summed E-state index contributed by atoms with van der Waals surface area (Å²) in [5.74, 6) is 0.248. The number of hydrogen-bond donors (Lipinski definition) is 1. The number of hydrogen-bond acceptors (Lipinski definition) is 3. The smallest absolute Gasteiger partial charge is 0.146 e. The maximum absolute atomic E-state index is 13.9. The van der Waals surface area contributed by atoms with Gasteiger partial charge in [-0.2, -0.15) is 0 Å². The minimum atomic E-state index is -0.257. The Bertz CT molecular complexity index is 611. The zero-order chi connectivity index (χ0) is 16.1. The average Bonchev–Trinajstić information content (AvgIpc) is 2.53. The number of thioether (sulfide) groups is 1. The summed E-state index contributed by atoms with van der Waals surface area (Å²) in [6.45, 7) is 6.84. The van der Waals surface area contributed by atoms with Gasteiger partial charge in [-0.1, -0.05) is 26.0 Å². The summed E-state index contributed by atoms with van der Waals surface area (Å²) in [5.41, 5.74) is 2.29. The Labute approximate surface area is 136 Å². The highest BCUT2D eigenvalue weighted by Crippen LogP contribution is 2.22. The van der Waals surface area contributed by atoms with Gasteiger partial charge in [0.05, 0.1) is 11.4 Å².